The molecule has 0 spiro atoms. The van der Waals surface area contributed by atoms with Crippen molar-refractivity contribution in [2.24, 2.45) is 0 Å². The fourth-order valence-electron chi connectivity index (χ4n) is 4.28. The average Bonchev–Trinajstić information content (AvgIpc) is 3.35. The van der Waals surface area contributed by atoms with E-state index in [1.54, 1.807) is 23.5 Å². The Morgan fingerprint density at radius 1 is 1.24 bits per heavy atom. The zero-order chi connectivity index (χ0) is 20.3. The van der Waals surface area contributed by atoms with Gasteiger partial charge in [0.2, 0.25) is 10.0 Å². The predicted molar refractivity (Wildman–Crippen MR) is 114 cm³/mol. The molecular formula is C20H22N4O3S2. The number of rotatable bonds is 4. The molecule has 3 aromatic rings. The SMILES string of the molecule is CN(C)S(=O)(=O)c1ccc2c(c1)CCN2Cc1nc2sc3c(c2c(=O)[nH]1)CCC3. The van der Waals surface area contributed by atoms with E-state index in [0.717, 1.165) is 53.7 Å². The van der Waals surface area contributed by atoms with Crippen molar-refractivity contribution in [1.29, 1.82) is 0 Å². The third-order valence-corrected chi connectivity index (χ3v) is 8.78. The quantitative estimate of drug-likeness (QED) is 0.686. The summed E-state index contributed by atoms with van der Waals surface area (Å²) in [7, 11) is -0.377. The second kappa shape index (κ2) is 6.65. The summed E-state index contributed by atoms with van der Waals surface area (Å²) < 4.78 is 26.0. The number of hydrogen-bond acceptors (Lipinski definition) is 6. The lowest BCUT2D eigenvalue weighted by Gasteiger charge is -2.19. The van der Waals surface area contributed by atoms with Crippen LogP contribution in [-0.4, -0.2) is 43.3 Å². The van der Waals surface area contributed by atoms with Gasteiger partial charge in [0.05, 0.1) is 16.8 Å². The van der Waals surface area contributed by atoms with Crippen LogP contribution in [0.15, 0.2) is 27.9 Å². The van der Waals surface area contributed by atoms with Crippen LogP contribution in [0.25, 0.3) is 10.2 Å². The third kappa shape index (κ3) is 2.99. The van der Waals surface area contributed by atoms with Crippen LogP contribution in [-0.2, 0) is 35.8 Å². The third-order valence-electron chi connectivity index (χ3n) is 5.79. The normalized spacial score (nSPS) is 16.0. The Kier molecular flexibility index (Phi) is 4.30. The molecule has 1 aliphatic heterocycles. The maximum absolute atomic E-state index is 12.7. The lowest BCUT2D eigenvalue weighted by atomic mass is 10.2. The van der Waals surface area contributed by atoms with Gasteiger partial charge in [-0.3, -0.25) is 4.79 Å². The van der Waals surface area contributed by atoms with Crippen LogP contribution in [0.3, 0.4) is 0 Å². The van der Waals surface area contributed by atoms with Crippen molar-refractivity contribution >= 4 is 37.3 Å². The minimum atomic E-state index is -3.45. The second-order valence-corrected chi connectivity index (χ2v) is 11.0. The summed E-state index contributed by atoms with van der Waals surface area (Å²) >= 11 is 1.64. The summed E-state index contributed by atoms with van der Waals surface area (Å²) in [4.78, 5) is 25.0. The van der Waals surface area contributed by atoms with Gasteiger partial charge in [-0.25, -0.2) is 17.7 Å². The Balaban J connectivity index is 1.46. The van der Waals surface area contributed by atoms with Gasteiger partial charge >= 0.3 is 0 Å². The lowest BCUT2D eigenvalue weighted by Crippen LogP contribution is -2.24. The fourth-order valence-corrected chi connectivity index (χ4v) is 6.52. The molecule has 3 heterocycles. The largest absolute Gasteiger partial charge is 0.364 e. The summed E-state index contributed by atoms with van der Waals surface area (Å²) in [6.07, 6.45) is 3.90. The molecule has 0 atom stereocenters. The number of fused-ring (bicyclic) bond motifs is 4. The number of H-pyrrole nitrogens is 1. The summed E-state index contributed by atoms with van der Waals surface area (Å²) in [6.45, 7) is 1.27. The first-order valence-corrected chi connectivity index (χ1v) is 11.9. The van der Waals surface area contributed by atoms with E-state index in [2.05, 4.69) is 9.88 Å². The standard InChI is InChI=1S/C20H22N4O3S2/c1-23(2)29(26,27)13-6-7-15-12(10-13)8-9-24(15)11-17-21-19(25)18-14-4-3-5-16(14)28-20(18)22-17/h6-7,10H,3-5,8-9,11H2,1-2H3,(H,21,22,25). The van der Waals surface area contributed by atoms with E-state index in [0.29, 0.717) is 17.3 Å². The molecule has 0 unspecified atom stereocenters. The molecule has 0 fully saturated rings. The van der Waals surface area contributed by atoms with E-state index < -0.39 is 10.0 Å². The van der Waals surface area contributed by atoms with Crippen LogP contribution in [0.5, 0.6) is 0 Å². The topological polar surface area (TPSA) is 86.4 Å². The number of anilines is 1. The van der Waals surface area contributed by atoms with Crippen molar-refractivity contribution in [2.45, 2.75) is 37.1 Å². The fraction of sp³-hybridized carbons (Fsp3) is 0.400. The van der Waals surface area contributed by atoms with E-state index in [1.165, 1.54) is 28.8 Å². The highest BCUT2D eigenvalue weighted by atomic mass is 32.2. The van der Waals surface area contributed by atoms with Gasteiger partial charge in [0.1, 0.15) is 10.7 Å². The Morgan fingerprint density at radius 2 is 2.07 bits per heavy atom. The number of aryl methyl sites for hydroxylation is 2. The molecule has 1 aromatic carbocycles. The number of hydrogen-bond donors (Lipinski definition) is 1. The van der Waals surface area contributed by atoms with Crippen molar-refractivity contribution in [1.82, 2.24) is 14.3 Å². The maximum atomic E-state index is 12.7. The first-order chi connectivity index (χ1) is 13.8. The Labute approximate surface area is 173 Å². The number of nitrogens with zero attached hydrogens (tertiary/aromatic N) is 3. The maximum Gasteiger partial charge on any atom is 0.259 e. The van der Waals surface area contributed by atoms with Crippen molar-refractivity contribution in [3.63, 3.8) is 0 Å². The highest BCUT2D eigenvalue weighted by Gasteiger charge is 2.25. The molecule has 0 bridgehead atoms. The Hall–Kier alpha value is -2.23. The molecule has 152 valence electrons. The van der Waals surface area contributed by atoms with Crippen LogP contribution in [0, 0.1) is 0 Å². The number of nitrogens with one attached hydrogen (secondary N) is 1. The molecule has 0 saturated heterocycles. The number of aromatic nitrogens is 2. The summed E-state index contributed by atoms with van der Waals surface area (Å²) in [5, 5.41) is 0.770. The average molecular weight is 431 g/mol. The zero-order valence-electron chi connectivity index (χ0n) is 16.4. The molecule has 5 rings (SSSR count). The lowest BCUT2D eigenvalue weighted by molar-refractivity contribution is 0.520. The van der Waals surface area contributed by atoms with Crippen molar-refractivity contribution < 1.29 is 8.42 Å². The van der Waals surface area contributed by atoms with E-state index in [9.17, 15) is 13.2 Å². The monoisotopic (exact) mass is 430 g/mol. The molecule has 2 aliphatic rings. The van der Waals surface area contributed by atoms with Crippen molar-refractivity contribution in [2.75, 3.05) is 25.5 Å². The summed E-state index contributed by atoms with van der Waals surface area (Å²) in [5.74, 6) is 0.653. The highest BCUT2D eigenvalue weighted by Crippen LogP contribution is 2.35. The molecule has 0 radical (unpaired) electrons. The molecule has 1 aliphatic carbocycles. The zero-order valence-corrected chi connectivity index (χ0v) is 18.0. The van der Waals surface area contributed by atoms with E-state index in [-0.39, 0.29) is 5.56 Å². The van der Waals surface area contributed by atoms with Gasteiger partial charge in [-0.1, -0.05) is 0 Å². The minimum absolute atomic E-state index is 0.0451. The van der Waals surface area contributed by atoms with Crippen molar-refractivity contribution in [3.05, 3.63) is 50.4 Å². The molecule has 1 N–H and O–H groups in total. The van der Waals surface area contributed by atoms with E-state index in [1.807, 2.05) is 6.07 Å². The van der Waals surface area contributed by atoms with Crippen LogP contribution in [0.2, 0.25) is 0 Å². The van der Waals surface area contributed by atoms with Gasteiger partial charge in [-0.15, -0.1) is 11.3 Å². The van der Waals surface area contributed by atoms with Crippen molar-refractivity contribution in [3.8, 4) is 0 Å². The minimum Gasteiger partial charge on any atom is -0.364 e. The smallest absolute Gasteiger partial charge is 0.259 e. The van der Waals surface area contributed by atoms with E-state index in [4.69, 9.17) is 4.98 Å². The van der Waals surface area contributed by atoms with Crippen LogP contribution in [0.1, 0.15) is 28.2 Å². The summed E-state index contributed by atoms with van der Waals surface area (Å²) in [5.41, 5.74) is 3.15. The van der Waals surface area contributed by atoms with E-state index >= 15 is 0 Å². The molecular weight excluding hydrogens is 408 g/mol. The first kappa shape index (κ1) is 18.8. The molecule has 2 aromatic heterocycles. The highest BCUT2D eigenvalue weighted by molar-refractivity contribution is 7.89. The van der Waals surface area contributed by atoms with Gasteiger partial charge in [0.15, 0.2) is 0 Å². The summed E-state index contributed by atoms with van der Waals surface area (Å²) in [6, 6.07) is 5.26. The van der Waals surface area contributed by atoms with Crippen LogP contribution >= 0.6 is 11.3 Å². The number of aromatic amines is 1. The van der Waals surface area contributed by atoms with Gasteiger partial charge in [0, 0.05) is 31.2 Å². The van der Waals surface area contributed by atoms with Crippen LogP contribution < -0.4 is 10.5 Å². The Morgan fingerprint density at radius 3 is 2.86 bits per heavy atom. The molecule has 7 nitrogen and oxygen atoms in total. The van der Waals surface area contributed by atoms with Gasteiger partial charge < -0.3 is 9.88 Å². The molecule has 0 amide bonds. The molecule has 0 saturated carbocycles. The first-order valence-electron chi connectivity index (χ1n) is 9.68. The molecule has 9 heteroatoms. The number of benzene rings is 1. The van der Waals surface area contributed by atoms with Crippen LogP contribution in [0.4, 0.5) is 5.69 Å². The number of sulfonamides is 1. The van der Waals surface area contributed by atoms with Gasteiger partial charge in [-0.2, -0.15) is 0 Å². The Bertz CT molecular complexity index is 1290. The van der Waals surface area contributed by atoms with Gasteiger partial charge in [-0.05, 0) is 55.0 Å². The second-order valence-electron chi connectivity index (χ2n) is 7.80. The number of thiophene rings is 1. The predicted octanol–water partition coefficient (Wildman–Crippen LogP) is 2.29. The van der Waals surface area contributed by atoms with Gasteiger partial charge in [0.25, 0.3) is 5.56 Å². The molecule has 29 heavy (non-hydrogen) atoms.